The highest BCUT2D eigenvalue weighted by molar-refractivity contribution is 9.08. The van der Waals surface area contributed by atoms with Crippen molar-refractivity contribution in [1.29, 1.82) is 0 Å². The molecule has 2 aromatic heterocycles. The number of hydrogen-bond acceptors (Lipinski definition) is 3. The lowest BCUT2D eigenvalue weighted by atomic mass is 10.3. The first-order chi connectivity index (χ1) is 8.29. The van der Waals surface area contributed by atoms with Crippen molar-refractivity contribution >= 4 is 27.5 Å². The molecule has 3 nitrogen and oxygen atoms in total. The summed E-state index contributed by atoms with van der Waals surface area (Å²) in [6.07, 6.45) is 4.99. The van der Waals surface area contributed by atoms with Crippen LogP contribution in [0, 0.1) is 0 Å². The first kappa shape index (κ1) is 12.3. The van der Waals surface area contributed by atoms with E-state index in [0.29, 0.717) is 11.6 Å². The van der Waals surface area contributed by atoms with Gasteiger partial charge in [0, 0.05) is 23.3 Å². The molecule has 17 heavy (non-hydrogen) atoms. The van der Waals surface area contributed by atoms with Crippen LogP contribution in [0.15, 0.2) is 36.8 Å². The molecule has 0 amide bonds. The molecule has 0 saturated heterocycles. The smallest absolute Gasteiger partial charge is 0.138 e. The third-order valence-corrected chi connectivity index (χ3v) is 3.10. The Hall–Kier alpha value is -1.13. The molecule has 0 aromatic carbocycles. The first-order valence-corrected chi connectivity index (χ1v) is 6.51. The first-order valence-electron chi connectivity index (χ1n) is 5.01. The summed E-state index contributed by atoms with van der Waals surface area (Å²) in [6, 6.07) is 5.64. The van der Waals surface area contributed by atoms with Crippen molar-refractivity contribution in [1.82, 2.24) is 9.97 Å². The van der Waals surface area contributed by atoms with Crippen LogP contribution in [-0.4, -0.2) is 9.97 Å². The predicted molar refractivity (Wildman–Crippen MR) is 70.4 cm³/mol. The third kappa shape index (κ3) is 3.41. The zero-order valence-corrected chi connectivity index (χ0v) is 11.3. The molecule has 0 unspecified atom stereocenters. The van der Waals surface area contributed by atoms with E-state index in [4.69, 9.17) is 16.3 Å². The van der Waals surface area contributed by atoms with Crippen LogP contribution in [0.25, 0.3) is 0 Å². The Labute approximate surface area is 113 Å². The highest BCUT2D eigenvalue weighted by atomic mass is 79.9. The van der Waals surface area contributed by atoms with E-state index in [1.54, 1.807) is 18.6 Å². The van der Waals surface area contributed by atoms with Gasteiger partial charge in [0.05, 0.1) is 16.9 Å². The average Bonchev–Trinajstić information content (AvgIpc) is 2.38. The van der Waals surface area contributed by atoms with E-state index in [2.05, 4.69) is 25.9 Å². The van der Waals surface area contributed by atoms with E-state index in [9.17, 15) is 0 Å². The lowest BCUT2D eigenvalue weighted by Crippen LogP contribution is -1.97. The quantitative estimate of drug-likeness (QED) is 0.809. The number of pyridine rings is 2. The normalized spacial score (nSPS) is 10.2. The Balaban J connectivity index is 2.00. The number of halogens is 2. The van der Waals surface area contributed by atoms with Crippen molar-refractivity contribution in [3.05, 3.63) is 53.1 Å². The summed E-state index contributed by atoms with van der Waals surface area (Å²) < 4.78 is 5.58. The maximum absolute atomic E-state index is 5.97. The second kappa shape index (κ2) is 5.98. The Bertz CT molecular complexity index is 490. The molecule has 2 heterocycles. The van der Waals surface area contributed by atoms with Crippen molar-refractivity contribution in [2.45, 2.75) is 11.9 Å². The molecule has 2 rings (SSSR count). The Kier molecular flexibility index (Phi) is 4.34. The van der Waals surface area contributed by atoms with E-state index >= 15 is 0 Å². The zero-order valence-electron chi connectivity index (χ0n) is 8.94. The lowest BCUT2D eigenvalue weighted by Gasteiger charge is -2.07. The molecule has 5 heteroatoms. The van der Waals surface area contributed by atoms with Gasteiger partial charge in [-0.25, -0.2) is 0 Å². The number of aromatic nitrogens is 2. The average molecular weight is 314 g/mol. The van der Waals surface area contributed by atoms with Gasteiger partial charge in [0.25, 0.3) is 0 Å². The van der Waals surface area contributed by atoms with Crippen LogP contribution in [0.4, 0.5) is 0 Å². The maximum Gasteiger partial charge on any atom is 0.138 e. The van der Waals surface area contributed by atoms with Gasteiger partial charge >= 0.3 is 0 Å². The molecular formula is C12H10BrClN2O. The largest absolute Gasteiger partial charge is 0.487 e. The number of hydrogen-bond donors (Lipinski definition) is 0. The molecule has 0 saturated carbocycles. The van der Waals surface area contributed by atoms with E-state index in [0.717, 1.165) is 22.3 Å². The molecule has 0 spiro atoms. The van der Waals surface area contributed by atoms with Gasteiger partial charge in [0.15, 0.2) is 0 Å². The molecule has 0 fully saturated rings. The fraction of sp³-hybridized carbons (Fsp3) is 0.167. The zero-order chi connectivity index (χ0) is 12.1. The van der Waals surface area contributed by atoms with Crippen LogP contribution in [-0.2, 0) is 11.9 Å². The highest BCUT2D eigenvalue weighted by Gasteiger charge is 2.01. The second-order valence-corrected chi connectivity index (χ2v) is 4.34. The van der Waals surface area contributed by atoms with Gasteiger partial charge in [0.1, 0.15) is 12.4 Å². The minimum atomic E-state index is 0.413. The minimum Gasteiger partial charge on any atom is -0.487 e. The standard InChI is InChI=1S/C12H10BrClN2O/c13-5-10-1-2-11(6-16-10)17-8-9-3-4-15-7-12(9)14/h1-4,6-7H,5,8H2. The van der Waals surface area contributed by atoms with Crippen LogP contribution >= 0.6 is 27.5 Å². The van der Waals surface area contributed by atoms with Gasteiger partial charge in [-0.15, -0.1) is 0 Å². The summed E-state index contributed by atoms with van der Waals surface area (Å²) in [4.78, 5) is 8.13. The molecule has 88 valence electrons. The van der Waals surface area contributed by atoms with Gasteiger partial charge in [-0.1, -0.05) is 27.5 Å². The molecule has 2 aromatic rings. The Morgan fingerprint density at radius 2 is 2.12 bits per heavy atom. The van der Waals surface area contributed by atoms with Crippen molar-refractivity contribution in [2.24, 2.45) is 0 Å². The van der Waals surface area contributed by atoms with Gasteiger partial charge in [0.2, 0.25) is 0 Å². The molecule has 0 N–H and O–H groups in total. The summed E-state index contributed by atoms with van der Waals surface area (Å²) in [6.45, 7) is 0.413. The van der Waals surface area contributed by atoms with Gasteiger partial charge in [-0.2, -0.15) is 0 Å². The summed E-state index contributed by atoms with van der Waals surface area (Å²) in [5, 5.41) is 1.35. The maximum atomic E-state index is 5.97. The summed E-state index contributed by atoms with van der Waals surface area (Å²) >= 11 is 9.31. The molecule has 0 aliphatic heterocycles. The second-order valence-electron chi connectivity index (χ2n) is 3.37. The lowest BCUT2D eigenvalue weighted by molar-refractivity contribution is 0.305. The molecule has 0 bridgehead atoms. The van der Waals surface area contributed by atoms with Crippen molar-refractivity contribution in [3.8, 4) is 5.75 Å². The number of alkyl halides is 1. The summed E-state index contributed by atoms with van der Waals surface area (Å²) in [7, 11) is 0. The van der Waals surface area contributed by atoms with Gasteiger partial charge < -0.3 is 4.74 Å². The number of nitrogens with zero attached hydrogens (tertiary/aromatic N) is 2. The van der Waals surface area contributed by atoms with Crippen LogP contribution < -0.4 is 4.74 Å². The Morgan fingerprint density at radius 1 is 1.24 bits per heavy atom. The molecule has 0 atom stereocenters. The molecule has 0 radical (unpaired) electrons. The van der Waals surface area contributed by atoms with E-state index in [1.165, 1.54) is 0 Å². The Morgan fingerprint density at radius 3 is 2.76 bits per heavy atom. The van der Waals surface area contributed by atoms with Crippen molar-refractivity contribution < 1.29 is 4.74 Å². The molecule has 0 aliphatic rings. The van der Waals surface area contributed by atoms with Gasteiger partial charge in [-0.3, -0.25) is 9.97 Å². The van der Waals surface area contributed by atoms with E-state index in [1.807, 2.05) is 18.2 Å². The monoisotopic (exact) mass is 312 g/mol. The van der Waals surface area contributed by atoms with Crippen LogP contribution in [0.5, 0.6) is 5.75 Å². The topological polar surface area (TPSA) is 35.0 Å². The number of rotatable bonds is 4. The fourth-order valence-electron chi connectivity index (χ4n) is 1.26. The van der Waals surface area contributed by atoms with Crippen LogP contribution in [0.3, 0.4) is 0 Å². The van der Waals surface area contributed by atoms with E-state index in [-0.39, 0.29) is 0 Å². The summed E-state index contributed by atoms with van der Waals surface area (Å²) in [5.74, 6) is 0.725. The number of ether oxygens (including phenoxy) is 1. The van der Waals surface area contributed by atoms with Crippen LogP contribution in [0.2, 0.25) is 5.02 Å². The predicted octanol–water partition coefficient (Wildman–Crippen LogP) is 3.60. The molecular weight excluding hydrogens is 304 g/mol. The SMILES string of the molecule is Clc1cnccc1COc1ccc(CBr)nc1. The van der Waals surface area contributed by atoms with Gasteiger partial charge in [-0.05, 0) is 18.2 Å². The third-order valence-electron chi connectivity index (χ3n) is 2.19. The van der Waals surface area contributed by atoms with E-state index < -0.39 is 0 Å². The van der Waals surface area contributed by atoms with Crippen LogP contribution in [0.1, 0.15) is 11.3 Å². The highest BCUT2D eigenvalue weighted by Crippen LogP contribution is 2.17. The fourth-order valence-corrected chi connectivity index (χ4v) is 1.76. The summed E-state index contributed by atoms with van der Waals surface area (Å²) in [5.41, 5.74) is 1.88. The van der Waals surface area contributed by atoms with Crippen molar-refractivity contribution in [2.75, 3.05) is 0 Å². The minimum absolute atomic E-state index is 0.413. The molecule has 0 aliphatic carbocycles. The van der Waals surface area contributed by atoms with Crippen molar-refractivity contribution in [3.63, 3.8) is 0 Å².